The van der Waals surface area contributed by atoms with Gasteiger partial charge in [0.05, 0.1) is 18.5 Å². The fourth-order valence-corrected chi connectivity index (χ4v) is 3.77. The first-order valence-corrected chi connectivity index (χ1v) is 9.67. The number of H-pyrrole nitrogens is 1. The molecule has 29 heavy (non-hydrogen) atoms. The molecule has 0 amide bonds. The van der Waals surface area contributed by atoms with Crippen molar-refractivity contribution in [1.29, 1.82) is 0 Å². The van der Waals surface area contributed by atoms with Crippen molar-refractivity contribution >= 4 is 22.6 Å². The number of aryl methyl sites for hydroxylation is 1. The number of benzene rings is 1. The van der Waals surface area contributed by atoms with Crippen molar-refractivity contribution in [3.63, 3.8) is 0 Å². The summed E-state index contributed by atoms with van der Waals surface area (Å²) in [6.45, 7) is 5.02. The second-order valence-electron chi connectivity index (χ2n) is 7.91. The zero-order valence-corrected chi connectivity index (χ0v) is 16.7. The summed E-state index contributed by atoms with van der Waals surface area (Å²) in [7, 11) is 1.91. The van der Waals surface area contributed by atoms with E-state index in [4.69, 9.17) is 9.98 Å². The molecule has 144 valence electrons. The third kappa shape index (κ3) is 2.97. The minimum absolute atomic E-state index is 0.169. The summed E-state index contributed by atoms with van der Waals surface area (Å²) in [5.74, 6) is 0.764. The second kappa shape index (κ2) is 6.51. The van der Waals surface area contributed by atoms with E-state index in [0.29, 0.717) is 6.54 Å². The Kier molecular flexibility index (Phi) is 3.94. The first kappa shape index (κ1) is 17.6. The van der Waals surface area contributed by atoms with Gasteiger partial charge >= 0.3 is 0 Å². The minimum atomic E-state index is -0.169. The quantitative estimate of drug-likeness (QED) is 0.576. The monoisotopic (exact) mass is 382 g/mol. The molecule has 6 nitrogen and oxygen atoms in total. The van der Waals surface area contributed by atoms with E-state index >= 15 is 0 Å². The van der Waals surface area contributed by atoms with Crippen molar-refractivity contribution in [1.82, 2.24) is 19.7 Å². The summed E-state index contributed by atoms with van der Waals surface area (Å²) in [6, 6.07) is 12.6. The van der Waals surface area contributed by atoms with E-state index in [0.717, 1.165) is 39.3 Å². The molecule has 5 rings (SSSR count). The zero-order chi connectivity index (χ0) is 20.0. The molecule has 0 aliphatic carbocycles. The van der Waals surface area contributed by atoms with Crippen molar-refractivity contribution in [2.75, 3.05) is 6.54 Å². The Morgan fingerprint density at radius 2 is 1.90 bits per heavy atom. The average molecular weight is 382 g/mol. The molecule has 4 heterocycles. The first-order valence-electron chi connectivity index (χ1n) is 9.67. The van der Waals surface area contributed by atoms with Crippen LogP contribution in [0, 0.1) is 0 Å². The van der Waals surface area contributed by atoms with Crippen LogP contribution < -0.4 is 0 Å². The molecule has 1 aliphatic heterocycles. The standard InChI is InChI=1S/C23H22N6/c1-23(2,17-7-5-4-6-8-17)20-13-26-22(28-20)19-12-25-21-18(19)9-15(10-24-21)16-11-27-29(3)14-16/h4-12,14H,13H2,1-3H3,(H,24,25). The van der Waals surface area contributed by atoms with E-state index < -0.39 is 0 Å². The van der Waals surface area contributed by atoms with Crippen molar-refractivity contribution in [3.8, 4) is 11.1 Å². The van der Waals surface area contributed by atoms with Gasteiger partial charge in [0, 0.05) is 53.1 Å². The Hall–Kier alpha value is -3.54. The van der Waals surface area contributed by atoms with Gasteiger partial charge in [0.25, 0.3) is 0 Å². The van der Waals surface area contributed by atoms with Crippen LogP contribution >= 0.6 is 0 Å². The Morgan fingerprint density at radius 1 is 1.07 bits per heavy atom. The molecule has 1 N–H and O–H groups in total. The van der Waals surface area contributed by atoms with Gasteiger partial charge in [-0.1, -0.05) is 44.2 Å². The van der Waals surface area contributed by atoms with Gasteiger partial charge in [-0.25, -0.2) is 9.98 Å². The molecule has 4 aromatic rings. The molecule has 1 aliphatic rings. The van der Waals surface area contributed by atoms with Crippen molar-refractivity contribution < 1.29 is 0 Å². The Labute approximate surface area is 169 Å². The third-order valence-electron chi connectivity index (χ3n) is 5.65. The van der Waals surface area contributed by atoms with E-state index in [1.54, 1.807) is 4.68 Å². The number of nitrogens with one attached hydrogen (secondary N) is 1. The number of rotatable bonds is 4. The summed E-state index contributed by atoms with van der Waals surface area (Å²) in [6.07, 6.45) is 7.65. The van der Waals surface area contributed by atoms with Gasteiger partial charge in [-0.2, -0.15) is 5.10 Å². The van der Waals surface area contributed by atoms with Crippen LogP contribution in [0.25, 0.3) is 22.2 Å². The maximum Gasteiger partial charge on any atom is 0.157 e. The van der Waals surface area contributed by atoms with Crippen molar-refractivity contribution in [2.24, 2.45) is 17.0 Å². The van der Waals surface area contributed by atoms with Crippen LogP contribution in [0.4, 0.5) is 0 Å². The predicted molar refractivity (Wildman–Crippen MR) is 117 cm³/mol. The smallest absolute Gasteiger partial charge is 0.157 e. The van der Waals surface area contributed by atoms with Gasteiger partial charge in [0.1, 0.15) is 5.65 Å². The molecule has 0 atom stereocenters. The van der Waals surface area contributed by atoms with Crippen molar-refractivity contribution in [3.05, 3.63) is 72.3 Å². The number of aromatic nitrogens is 4. The number of aliphatic imine (C=N–C) groups is 2. The number of fused-ring (bicyclic) bond motifs is 1. The summed E-state index contributed by atoms with van der Waals surface area (Å²) >= 11 is 0. The van der Waals surface area contributed by atoms with Crippen LogP contribution in [-0.4, -0.2) is 37.8 Å². The molecule has 1 aromatic carbocycles. The lowest BCUT2D eigenvalue weighted by molar-refractivity contribution is 0.711. The van der Waals surface area contributed by atoms with E-state index in [-0.39, 0.29) is 5.41 Å². The van der Waals surface area contributed by atoms with E-state index in [1.165, 1.54) is 5.56 Å². The molecule has 0 unspecified atom stereocenters. The second-order valence-corrected chi connectivity index (χ2v) is 7.91. The summed E-state index contributed by atoms with van der Waals surface area (Å²) < 4.78 is 1.79. The minimum Gasteiger partial charge on any atom is -0.345 e. The molecular formula is C23H22N6. The third-order valence-corrected chi connectivity index (χ3v) is 5.65. The lowest BCUT2D eigenvalue weighted by Gasteiger charge is -2.24. The van der Waals surface area contributed by atoms with Gasteiger partial charge in [-0.3, -0.25) is 9.67 Å². The fraction of sp³-hybridized carbons (Fsp3) is 0.217. The lowest BCUT2D eigenvalue weighted by atomic mass is 9.80. The number of hydrogen-bond donors (Lipinski definition) is 1. The summed E-state index contributed by atoms with van der Waals surface area (Å²) in [4.78, 5) is 17.5. The average Bonchev–Trinajstić information content (AvgIpc) is 3.47. The lowest BCUT2D eigenvalue weighted by Crippen LogP contribution is -2.30. The van der Waals surface area contributed by atoms with Crippen molar-refractivity contribution in [2.45, 2.75) is 19.3 Å². The Morgan fingerprint density at radius 3 is 2.66 bits per heavy atom. The van der Waals surface area contributed by atoms with E-state index in [2.05, 4.69) is 59.2 Å². The highest BCUT2D eigenvalue weighted by atomic mass is 15.2. The zero-order valence-electron chi connectivity index (χ0n) is 16.7. The van der Waals surface area contributed by atoms with Gasteiger partial charge < -0.3 is 4.98 Å². The largest absolute Gasteiger partial charge is 0.345 e. The SMILES string of the molecule is Cn1cc(-c2cnc3[nH]cc(C4=NCC(C(C)(C)c5ccccc5)=N4)c3c2)cn1. The van der Waals surface area contributed by atoms with Crippen LogP contribution in [0.2, 0.25) is 0 Å². The van der Waals surface area contributed by atoms with Crippen LogP contribution in [0.5, 0.6) is 0 Å². The molecular weight excluding hydrogens is 360 g/mol. The molecule has 0 saturated carbocycles. The number of aromatic amines is 1. The van der Waals surface area contributed by atoms with E-state index in [1.807, 2.05) is 37.9 Å². The normalized spacial score (nSPS) is 14.3. The number of hydrogen-bond acceptors (Lipinski definition) is 4. The highest BCUT2D eigenvalue weighted by Gasteiger charge is 2.30. The molecule has 6 heteroatoms. The molecule has 0 fully saturated rings. The fourth-order valence-electron chi connectivity index (χ4n) is 3.77. The highest BCUT2D eigenvalue weighted by Crippen LogP contribution is 2.30. The highest BCUT2D eigenvalue weighted by molar-refractivity contribution is 6.18. The summed E-state index contributed by atoms with van der Waals surface area (Å²) in [5, 5.41) is 5.28. The molecule has 0 saturated heterocycles. The van der Waals surface area contributed by atoms with Gasteiger partial charge in [0.15, 0.2) is 5.84 Å². The predicted octanol–water partition coefficient (Wildman–Crippen LogP) is 4.14. The number of nitrogens with zero attached hydrogens (tertiary/aromatic N) is 5. The van der Waals surface area contributed by atoms with Gasteiger partial charge in [0.2, 0.25) is 0 Å². The van der Waals surface area contributed by atoms with Crippen LogP contribution in [-0.2, 0) is 12.5 Å². The maximum atomic E-state index is 4.94. The topological polar surface area (TPSA) is 71.2 Å². The Balaban J connectivity index is 1.53. The summed E-state index contributed by atoms with van der Waals surface area (Å²) in [5.41, 5.74) is 6.03. The van der Waals surface area contributed by atoms with Gasteiger partial charge in [-0.15, -0.1) is 0 Å². The number of amidine groups is 1. The van der Waals surface area contributed by atoms with Crippen LogP contribution in [0.1, 0.15) is 25.0 Å². The number of pyridine rings is 1. The maximum absolute atomic E-state index is 4.94. The Bertz CT molecular complexity index is 1260. The molecule has 0 bridgehead atoms. The van der Waals surface area contributed by atoms with Crippen LogP contribution in [0.15, 0.2) is 71.2 Å². The first-order chi connectivity index (χ1) is 14.0. The molecule has 3 aromatic heterocycles. The van der Waals surface area contributed by atoms with Crippen LogP contribution in [0.3, 0.4) is 0 Å². The molecule has 0 radical (unpaired) electrons. The van der Waals surface area contributed by atoms with E-state index in [9.17, 15) is 0 Å². The van der Waals surface area contributed by atoms with Gasteiger partial charge in [-0.05, 0) is 11.6 Å². The molecule has 0 spiro atoms.